The van der Waals surface area contributed by atoms with Crippen LogP contribution in [0.15, 0.2) is 92.4 Å². The van der Waals surface area contributed by atoms with Crippen LogP contribution >= 0.6 is 31.9 Å². The summed E-state index contributed by atoms with van der Waals surface area (Å²) in [5.74, 6) is 1.16. The quantitative estimate of drug-likeness (QED) is 0.400. The molecule has 0 aromatic heterocycles. The van der Waals surface area contributed by atoms with Crippen molar-refractivity contribution in [1.29, 1.82) is 0 Å². The Hall–Kier alpha value is -2.70. The first-order chi connectivity index (χ1) is 14.0. The summed E-state index contributed by atoms with van der Waals surface area (Å²) in [7, 11) is 1.62. The molecule has 1 amide bonds. The largest absolute Gasteiger partial charge is 0.497 e. The van der Waals surface area contributed by atoms with Crippen molar-refractivity contribution >= 4 is 55.4 Å². The van der Waals surface area contributed by atoms with Crippen molar-refractivity contribution in [1.82, 2.24) is 0 Å². The molecule has 4 rings (SSSR count). The third kappa shape index (κ3) is 4.18. The molecular weight excluding hydrogens is 496 g/mol. The number of ether oxygens (including phenoxy) is 1. The van der Waals surface area contributed by atoms with Crippen molar-refractivity contribution in [3.05, 3.63) is 98.6 Å². The highest BCUT2D eigenvalue weighted by Crippen LogP contribution is 2.30. The van der Waals surface area contributed by atoms with Gasteiger partial charge in [0.05, 0.1) is 12.8 Å². The van der Waals surface area contributed by atoms with Crippen LogP contribution < -0.4 is 9.64 Å². The number of aliphatic imine (C=N–C) groups is 1. The van der Waals surface area contributed by atoms with E-state index in [2.05, 4.69) is 36.9 Å². The number of halogens is 2. The lowest BCUT2D eigenvalue weighted by Crippen LogP contribution is -2.32. The molecule has 1 aliphatic heterocycles. The number of methoxy groups -OCH3 is 1. The molecule has 0 saturated carbocycles. The Bertz CT molecular complexity index is 1120. The Labute approximate surface area is 185 Å². The van der Waals surface area contributed by atoms with Gasteiger partial charge >= 0.3 is 0 Å². The molecule has 3 aromatic carbocycles. The van der Waals surface area contributed by atoms with Crippen molar-refractivity contribution in [2.75, 3.05) is 12.0 Å². The van der Waals surface area contributed by atoms with Gasteiger partial charge in [-0.2, -0.15) is 0 Å². The van der Waals surface area contributed by atoms with Crippen LogP contribution in [0.2, 0.25) is 0 Å². The molecule has 4 nitrogen and oxygen atoms in total. The second-order valence-corrected chi connectivity index (χ2v) is 8.20. The molecule has 0 saturated heterocycles. The third-order valence-electron chi connectivity index (χ3n) is 4.45. The summed E-state index contributed by atoms with van der Waals surface area (Å²) < 4.78 is 7.12. The Morgan fingerprint density at radius 3 is 2.31 bits per heavy atom. The number of amides is 1. The van der Waals surface area contributed by atoms with Gasteiger partial charge in [-0.1, -0.05) is 50.1 Å². The lowest BCUT2D eigenvalue weighted by Gasteiger charge is -2.19. The van der Waals surface area contributed by atoms with Gasteiger partial charge in [0.1, 0.15) is 17.3 Å². The van der Waals surface area contributed by atoms with Crippen molar-refractivity contribution in [3.8, 4) is 5.75 Å². The fourth-order valence-electron chi connectivity index (χ4n) is 3.02. The summed E-state index contributed by atoms with van der Waals surface area (Å²) in [4.78, 5) is 19.6. The van der Waals surface area contributed by atoms with E-state index in [9.17, 15) is 4.79 Å². The standard InChI is InChI=1S/C23H16Br2N2O2/c1-29-20-11-7-16(8-12-20)22-26-21(13-15-5-9-17(24)10-6-15)23(28)27(22)19-4-2-3-18(25)14-19/h2-14H,1H3/b21-13+. The van der Waals surface area contributed by atoms with Crippen LogP contribution in [-0.4, -0.2) is 18.9 Å². The molecule has 1 aliphatic rings. The van der Waals surface area contributed by atoms with E-state index in [0.717, 1.165) is 31.5 Å². The molecule has 6 heteroatoms. The van der Waals surface area contributed by atoms with E-state index in [4.69, 9.17) is 4.74 Å². The number of carbonyl (C=O) groups is 1. The summed E-state index contributed by atoms with van der Waals surface area (Å²) >= 11 is 6.92. The van der Waals surface area contributed by atoms with Crippen LogP contribution in [0.3, 0.4) is 0 Å². The monoisotopic (exact) mass is 510 g/mol. The van der Waals surface area contributed by atoms with Crippen LogP contribution in [-0.2, 0) is 4.79 Å². The van der Waals surface area contributed by atoms with Crippen molar-refractivity contribution in [2.24, 2.45) is 4.99 Å². The number of hydrogen-bond donors (Lipinski definition) is 0. The highest BCUT2D eigenvalue weighted by Gasteiger charge is 2.32. The van der Waals surface area contributed by atoms with E-state index in [1.165, 1.54) is 0 Å². The minimum atomic E-state index is -0.170. The predicted molar refractivity (Wildman–Crippen MR) is 123 cm³/mol. The second kappa shape index (κ2) is 8.35. The van der Waals surface area contributed by atoms with Crippen LogP contribution in [0.4, 0.5) is 5.69 Å². The molecule has 0 fully saturated rings. The number of hydrogen-bond acceptors (Lipinski definition) is 3. The van der Waals surface area contributed by atoms with Gasteiger partial charge in [0.2, 0.25) is 0 Å². The second-order valence-electron chi connectivity index (χ2n) is 6.37. The summed E-state index contributed by atoms with van der Waals surface area (Å²) in [6.07, 6.45) is 1.80. The zero-order valence-corrected chi connectivity index (χ0v) is 18.6. The van der Waals surface area contributed by atoms with Crippen LogP contribution in [0.25, 0.3) is 6.08 Å². The van der Waals surface area contributed by atoms with E-state index in [0.29, 0.717) is 11.5 Å². The topological polar surface area (TPSA) is 41.9 Å². The fraction of sp³-hybridized carbons (Fsp3) is 0.0435. The SMILES string of the molecule is COc1ccc(C2=N/C(=C/c3ccc(Br)cc3)C(=O)N2c2cccc(Br)c2)cc1. The first-order valence-corrected chi connectivity index (χ1v) is 10.4. The third-order valence-corrected chi connectivity index (χ3v) is 5.47. The summed E-state index contributed by atoms with van der Waals surface area (Å²) in [5, 5.41) is 0. The number of rotatable bonds is 4. The molecule has 144 valence electrons. The fourth-order valence-corrected chi connectivity index (χ4v) is 3.67. The minimum absolute atomic E-state index is 0.170. The molecule has 0 bridgehead atoms. The zero-order valence-electron chi connectivity index (χ0n) is 15.5. The maximum absolute atomic E-state index is 13.3. The Balaban J connectivity index is 1.81. The van der Waals surface area contributed by atoms with Gasteiger partial charge in [-0.3, -0.25) is 9.69 Å². The van der Waals surface area contributed by atoms with E-state index >= 15 is 0 Å². The molecule has 1 heterocycles. The molecule has 0 unspecified atom stereocenters. The first kappa shape index (κ1) is 19.6. The van der Waals surface area contributed by atoms with Gasteiger partial charge in [0.15, 0.2) is 0 Å². The molecular formula is C23H16Br2N2O2. The minimum Gasteiger partial charge on any atom is -0.497 e. The van der Waals surface area contributed by atoms with Crippen LogP contribution in [0, 0.1) is 0 Å². The number of benzene rings is 3. The van der Waals surface area contributed by atoms with Crippen molar-refractivity contribution in [3.63, 3.8) is 0 Å². The lowest BCUT2D eigenvalue weighted by molar-refractivity contribution is -0.113. The van der Waals surface area contributed by atoms with E-state index in [-0.39, 0.29) is 5.91 Å². The van der Waals surface area contributed by atoms with Gasteiger partial charge in [-0.15, -0.1) is 0 Å². The number of anilines is 1. The maximum Gasteiger partial charge on any atom is 0.282 e. The Kier molecular flexibility index (Phi) is 5.65. The average molecular weight is 512 g/mol. The zero-order chi connectivity index (χ0) is 20.4. The highest BCUT2D eigenvalue weighted by atomic mass is 79.9. The average Bonchev–Trinajstić information content (AvgIpc) is 3.06. The molecule has 0 atom stereocenters. The highest BCUT2D eigenvalue weighted by molar-refractivity contribution is 9.10. The maximum atomic E-state index is 13.3. The van der Waals surface area contributed by atoms with Gasteiger partial charge in [0, 0.05) is 14.5 Å². The predicted octanol–water partition coefficient (Wildman–Crippen LogP) is 6.05. The van der Waals surface area contributed by atoms with Gasteiger partial charge in [-0.05, 0) is 66.2 Å². The first-order valence-electron chi connectivity index (χ1n) is 8.85. The molecule has 0 radical (unpaired) electrons. The molecule has 0 spiro atoms. The summed E-state index contributed by atoms with van der Waals surface area (Å²) in [5.41, 5.74) is 2.88. The van der Waals surface area contributed by atoms with E-state index in [1.54, 1.807) is 18.1 Å². The molecule has 3 aromatic rings. The van der Waals surface area contributed by atoms with Crippen LogP contribution in [0.5, 0.6) is 5.75 Å². The van der Waals surface area contributed by atoms with Crippen molar-refractivity contribution < 1.29 is 9.53 Å². The van der Waals surface area contributed by atoms with Crippen LogP contribution in [0.1, 0.15) is 11.1 Å². The number of nitrogens with zero attached hydrogens (tertiary/aromatic N) is 2. The van der Waals surface area contributed by atoms with Crippen molar-refractivity contribution in [2.45, 2.75) is 0 Å². The molecule has 0 N–H and O–H groups in total. The Morgan fingerprint density at radius 2 is 1.66 bits per heavy atom. The van der Waals surface area contributed by atoms with E-state index in [1.807, 2.05) is 72.8 Å². The van der Waals surface area contributed by atoms with E-state index < -0.39 is 0 Å². The molecule has 29 heavy (non-hydrogen) atoms. The van der Waals surface area contributed by atoms with Gasteiger partial charge < -0.3 is 4.74 Å². The lowest BCUT2D eigenvalue weighted by atomic mass is 10.1. The van der Waals surface area contributed by atoms with Gasteiger partial charge in [-0.25, -0.2) is 4.99 Å². The number of carbonyl (C=O) groups excluding carboxylic acids is 1. The normalized spacial score (nSPS) is 15.0. The summed E-state index contributed by atoms with van der Waals surface area (Å²) in [6, 6.07) is 22.9. The summed E-state index contributed by atoms with van der Waals surface area (Å²) in [6.45, 7) is 0. The number of amidine groups is 1. The molecule has 0 aliphatic carbocycles. The smallest absolute Gasteiger partial charge is 0.282 e. The van der Waals surface area contributed by atoms with Gasteiger partial charge in [0.25, 0.3) is 5.91 Å². The Morgan fingerprint density at radius 1 is 0.931 bits per heavy atom.